The smallest absolute Gasteiger partial charge is 0.185 e. The highest BCUT2D eigenvalue weighted by atomic mass is 35.5. The molecule has 0 N–H and O–H groups in total. The highest BCUT2D eigenvalue weighted by molar-refractivity contribution is 6.35. The van der Waals surface area contributed by atoms with Crippen molar-refractivity contribution in [1.82, 2.24) is 4.98 Å². The Balaban J connectivity index is 2.43. The molecule has 0 aliphatic rings. The molecule has 0 radical (unpaired) electrons. The number of carbonyl (C=O) groups is 1. The molecule has 3 nitrogen and oxygen atoms in total. The van der Waals surface area contributed by atoms with E-state index in [1.165, 1.54) is 0 Å². The third-order valence-electron chi connectivity index (χ3n) is 2.89. The van der Waals surface area contributed by atoms with Crippen LogP contribution >= 0.6 is 11.6 Å². The molecular formula is C15H11ClN2O. The second-order valence-corrected chi connectivity index (χ2v) is 4.52. The van der Waals surface area contributed by atoms with E-state index in [2.05, 4.69) is 4.98 Å². The van der Waals surface area contributed by atoms with Gasteiger partial charge in [-0.3, -0.25) is 9.78 Å². The second-order valence-electron chi connectivity index (χ2n) is 4.14. The Morgan fingerprint density at radius 3 is 2.63 bits per heavy atom. The zero-order valence-corrected chi connectivity index (χ0v) is 11.1. The van der Waals surface area contributed by atoms with Crippen molar-refractivity contribution in [2.45, 2.75) is 12.8 Å². The van der Waals surface area contributed by atoms with Gasteiger partial charge in [-0.2, -0.15) is 5.26 Å². The standard InChI is InChI=1S/C15H11ClN2O/c1-10-3-2-4-12(14(10)16)15(19)13(9-17)11-5-7-18-8-6-11/h2-8,13H,1H3. The fourth-order valence-electron chi connectivity index (χ4n) is 1.83. The van der Waals surface area contributed by atoms with Gasteiger partial charge in [-0.05, 0) is 36.2 Å². The average molecular weight is 271 g/mol. The molecule has 0 fully saturated rings. The summed E-state index contributed by atoms with van der Waals surface area (Å²) in [7, 11) is 0. The van der Waals surface area contributed by atoms with Crippen LogP contribution in [-0.2, 0) is 0 Å². The zero-order valence-electron chi connectivity index (χ0n) is 10.3. The van der Waals surface area contributed by atoms with E-state index in [4.69, 9.17) is 11.6 Å². The molecule has 0 amide bonds. The van der Waals surface area contributed by atoms with Crippen LogP contribution in [0.5, 0.6) is 0 Å². The molecule has 19 heavy (non-hydrogen) atoms. The Labute approximate surface area is 116 Å². The molecular weight excluding hydrogens is 260 g/mol. The van der Waals surface area contributed by atoms with Crippen LogP contribution in [0.2, 0.25) is 5.02 Å². The molecule has 1 atom stereocenters. The first kappa shape index (κ1) is 13.3. The topological polar surface area (TPSA) is 53.8 Å². The summed E-state index contributed by atoms with van der Waals surface area (Å²) in [4.78, 5) is 16.3. The normalized spacial score (nSPS) is 11.6. The minimum absolute atomic E-state index is 0.289. The van der Waals surface area contributed by atoms with E-state index in [9.17, 15) is 10.1 Å². The van der Waals surface area contributed by atoms with E-state index in [-0.39, 0.29) is 5.78 Å². The number of ketones is 1. The average Bonchev–Trinajstić information content (AvgIpc) is 2.44. The fraction of sp³-hybridized carbons (Fsp3) is 0.133. The van der Waals surface area contributed by atoms with Crippen LogP contribution in [0, 0.1) is 18.3 Å². The van der Waals surface area contributed by atoms with Crippen LogP contribution in [0.1, 0.15) is 27.4 Å². The predicted octanol–water partition coefficient (Wildman–Crippen LogP) is 3.53. The van der Waals surface area contributed by atoms with Gasteiger partial charge in [-0.1, -0.05) is 23.7 Å². The van der Waals surface area contributed by atoms with Crippen LogP contribution < -0.4 is 0 Å². The van der Waals surface area contributed by atoms with E-state index >= 15 is 0 Å². The van der Waals surface area contributed by atoms with Crippen molar-refractivity contribution in [3.05, 3.63) is 64.4 Å². The number of benzene rings is 1. The van der Waals surface area contributed by atoms with Gasteiger partial charge in [0.1, 0.15) is 5.92 Å². The summed E-state index contributed by atoms with van der Waals surface area (Å²) < 4.78 is 0. The van der Waals surface area contributed by atoms with Gasteiger partial charge in [-0.15, -0.1) is 0 Å². The molecule has 1 aromatic carbocycles. The summed E-state index contributed by atoms with van der Waals surface area (Å²) >= 11 is 6.13. The summed E-state index contributed by atoms with van der Waals surface area (Å²) in [6.07, 6.45) is 3.12. The number of pyridine rings is 1. The molecule has 0 saturated carbocycles. The van der Waals surface area contributed by atoms with Crippen molar-refractivity contribution < 1.29 is 4.79 Å². The van der Waals surface area contributed by atoms with Gasteiger partial charge < -0.3 is 0 Å². The number of aryl methyl sites for hydroxylation is 1. The first-order valence-corrected chi connectivity index (χ1v) is 6.12. The molecule has 4 heteroatoms. The van der Waals surface area contributed by atoms with Gasteiger partial charge in [0, 0.05) is 18.0 Å². The summed E-state index contributed by atoms with van der Waals surface area (Å²) in [5.74, 6) is -1.15. The van der Waals surface area contributed by atoms with E-state index < -0.39 is 5.92 Å². The zero-order chi connectivity index (χ0) is 13.8. The molecule has 2 rings (SSSR count). The first-order chi connectivity index (χ1) is 9.15. The lowest BCUT2D eigenvalue weighted by molar-refractivity contribution is 0.0979. The van der Waals surface area contributed by atoms with Crippen LogP contribution in [0.25, 0.3) is 0 Å². The number of halogens is 1. The molecule has 1 aromatic heterocycles. The van der Waals surface area contributed by atoms with Crippen LogP contribution in [0.3, 0.4) is 0 Å². The van der Waals surface area contributed by atoms with Crippen molar-refractivity contribution in [2.75, 3.05) is 0 Å². The molecule has 0 bridgehead atoms. The number of aromatic nitrogens is 1. The summed E-state index contributed by atoms with van der Waals surface area (Å²) in [6, 6.07) is 10.6. The molecule has 2 aromatic rings. The van der Waals surface area contributed by atoms with Crippen LogP contribution in [0.15, 0.2) is 42.7 Å². The maximum Gasteiger partial charge on any atom is 0.185 e. The number of carbonyl (C=O) groups excluding carboxylic acids is 1. The van der Waals surface area contributed by atoms with Crippen molar-refractivity contribution in [2.24, 2.45) is 0 Å². The number of nitriles is 1. The quantitative estimate of drug-likeness (QED) is 0.802. The van der Waals surface area contributed by atoms with Crippen LogP contribution in [0.4, 0.5) is 0 Å². The van der Waals surface area contributed by atoms with E-state index in [0.29, 0.717) is 16.1 Å². The van der Waals surface area contributed by atoms with Crippen molar-refractivity contribution in [3.8, 4) is 6.07 Å². The second kappa shape index (κ2) is 5.64. The van der Waals surface area contributed by atoms with Crippen molar-refractivity contribution in [1.29, 1.82) is 5.26 Å². The maximum absolute atomic E-state index is 12.4. The molecule has 0 saturated heterocycles. The van der Waals surface area contributed by atoms with Gasteiger partial charge >= 0.3 is 0 Å². The lowest BCUT2D eigenvalue weighted by Gasteiger charge is -2.10. The van der Waals surface area contributed by atoms with Crippen molar-refractivity contribution in [3.63, 3.8) is 0 Å². The number of rotatable bonds is 3. The Hall–Kier alpha value is -2.18. The van der Waals surface area contributed by atoms with E-state index in [1.807, 2.05) is 19.1 Å². The maximum atomic E-state index is 12.4. The van der Waals surface area contributed by atoms with Gasteiger partial charge in [0.25, 0.3) is 0 Å². The van der Waals surface area contributed by atoms with Gasteiger partial charge in [0.15, 0.2) is 5.78 Å². The van der Waals surface area contributed by atoms with Crippen LogP contribution in [-0.4, -0.2) is 10.8 Å². The number of hydrogen-bond acceptors (Lipinski definition) is 3. The molecule has 94 valence electrons. The Morgan fingerprint density at radius 2 is 2.00 bits per heavy atom. The number of nitrogens with zero attached hydrogens (tertiary/aromatic N) is 2. The molecule has 0 aliphatic carbocycles. The Kier molecular flexibility index (Phi) is 3.94. The monoisotopic (exact) mass is 270 g/mol. The SMILES string of the molecule is Cc1cccc(C(=O)C(C#N)c2ccncc2)c1Cl. The summed E-state index contributed by atoms with van der Waals surface area (Å²) in [5, 5.41) is 9.64. The van der Waals surface area contributed by atoms with E-state index in [1.54, 1.807) is 36.7 Å². The lowest BCUT2D eigenvalue weighted by atomic mass is 9.92. The third-order valence-corrected chi connectivity index (χ3v) is 3.39. The fourth-order valence-corrected chi connectivity index (χ4v) is 2.05. The minimum atomic E-state index is -0.859. The lowest BCUT2D eigenvalue weighted by Crippen LogP contribution is -2.12. The van der Waals surface area contributed by atoms with E-state index in [0.717, 1.165) is 5.56 Å². The number of hydrogen-bond donors (Lipinski definition) is 0. The van der Waals surface area contributed by atoms with Crippen molar-refractivity contribution >= 4 is 17.4 Å². The third kappa shape index (κ3) is 2.64. The Morgan fingerprint density at radius 1 is 1.32 bits per heavy atom. The summed E-state index contributed by atoms with van der Waals surface area (Å²) in [6.45, 7) is 1.83. The largest absolute Gasteiger partial charge is 0.292 e. The molecule has 0 aliphatic heterocycles. The predicted molar refractivity (Wildman–Crippen MR) is 73.1 cm³/mol. The molecule has 1 heterocycles. The van der Waals surface area contributed by atoms with Gasteiger partial charge in [0.2, 0.25) is 0 Å². The molecule has 1 unspecified atom stereocenters. The highest BCUT2D eigenvalue weighted by Gasteiger charge is 2.23. The van der Waals surface area contributed by atoms with Gasteiger partial charge in [-0.25, -0.2) is 0 Å². The number of Topliss-reactive ketones (excluding diaryl/α,β-unsaturated/α-hetero) is 1. The molecule has 0 spiro atoms. The summed E-state index contributed by atoms with van der Waals surface area (Å²) in [5.41, 5.74) is 1.82. The Bertz CT molecular complexity index is 647. The van der Waals surface area contributed by atoms with Gasteiger partial charge in [0.05, 0.1) is 11.1 Å². The first-order valence-electron chi connectivity index (χ1n) is 5.74. The highest BCUT2D eigenvalue weighted by Crippen LogP contribution is 2.26. The minimum Gasteiger partial charge on any atom is -0.292 e.